The summed E-state index contributed by atoms with van der Waals surface area (Å²) >= 11 is 6.09. The van der Waals surface area contributed by atoms with Crippen molar-refractivity contribution in [3.05, 3.63) is 88.8 Å². The Morgan fingerprint density at radius 1 is 1.00 bits per heavy atom. The summed E-state index contributed by atoms with van der Waals surface area (Å²) in [6.07, 6.45) is 2.54. The van der Waals surface area contributed by atoms with E-state index in [1.54, 1.807) is 18.4 Å². The van der Waals surface area contributed by atoms with Crippen molar-refractivity contribution in [2.24, 2.45) is 0 Å². The van der Waals surface area contributed by atoms with Gasteiger partial charge in [0.15, 0.2) is 0 Å². The van der Waals surface area contributed by atoms with Crippen LogP contribution >= 0.6 is 11.6 Å². The van der Waals surface area contributed by atoms with E-state index in [4.69, 9.17) is 16.0 Å². The SMILES string of the molecule is O=C(NCc1ccccc1Cl)C(=O)NCC(c1ccco1)N1CCc2ccccc21. The third-order valence-corrected chi connectivity index (χ3v) is 5.60. The lowest BCUT2D eigenvalue weighted by Crippen LogP contribution is -2.43. The van der Waals surface area contributed by atoms with Crippen molar-refractivity contribution in [1.82, 2.24) is 10.6 Å². The average molecular weight is 424 g/mol. The molecule has 0 aliphatic carbocycles. The predicted molar refractivity (Wildman–Crippen MR) is 115 cm³/mol. The molecule has 0 fully saturated rings. The molecule has 2 heterocycles. The first kappa shape index (κ1) is 20.0. The number of amides is 2. The molecule has 0 bridgehead atoms. The molecule has 1 atom stereocenters. The third-order valence-electron chi connectivity index (χ3n) is 5.23. The Morgan fingerprint density at radius 3 is 2.57 bits per heavy atom. The van der Waals surface area contributed by atoms with E-state index in [1.165, 1.54) is 5.56 Å². The van der Waals surface area contributed by atoms with Crippen LogP contribution in [0.2, 0.25) is 5.02 Å². The Morgan fingerprint density at radius 2 is 1.77 bits per heavy atom. The van der Waals surface area contributed by atoms with Crippen LogP contribution in [0.15, 0.2) is 71.3 Å². The largest absolute Gasteiger partial charge is 0.467 e. The molecule has 30 heavy (non-hydrogen) atoms. The first-order chi connectivity index (χ1) is 14.6. The van der Waals surface area contributed by atoms with Gasteiger partial charge in [0.2, 0.25) is 0 Å². The second-order valence-electron chi connectivity index (χ2n) is 7.09. The number of hydrogen-bond donors (Lipinski definition) is 2. The smallest absolute Gasteiger partial charge is 0.309 e. The third kappa shape index (κ3) is 4.33. The monoisotopic (exact) mass is 423 g/mol. The fourth-order valence-corrected chi connectivity index (χ4v) is 3.90. The minimum absolute atomic E-state index is 0.188. The molecule has 2 N–H and O–H groups in total. The number of carbonyl (C=O) groups is 2. The van der Waals surface area contributed by atoms with Gasteiger partial charge in [0.1, 0.15) is 11.8 Å². The van der Waals surface area contributed by atoms with E-state index >= 15 is 0 Å². The molecular weight excluding hydrogens is 402 g/mol. The lowest BCUT2D eigenvalue weighted by molar-refractivity contribution is -0.139. The number of hydrogen-bond acceptors (Lipinski definition) is 4. The van der Waals surface area contributed by atoms with Crippen LogP contribution in [-0.4, -0.2) is 24.9 Å². The molecule has 1 unspecified atom stereocenters. The van der Waals surface area contributed by atoms with Crippen molar-refractivity contribution in [1.29, 1.82) is 0 Å². The number of furan rings is 1. The van der Waals surface area contributed by atoms with Crippen LogP contribution in [0.25, 0.3) is 0 Å². The van der Waals surface area contributed by atoms with Crippen molar-refractivity contribution < 1.29 is 14.0 Å². The van der Waals surface area contributed by atoms with E-state index in [1.807, 2.05) is 36.4 Å². The first-order valence-electron chi connectivity index (χ1n) is 9.81. The van der Waals surface area contributed by atoms with Gasteiger partial charge in [-0.1, -0.05) is 48.0 Å². The van der Waals surface area contributed by atoms with E-state index in [0.29, 0.717) is 5.02 Å². The van der Waals surface area contributed by atoms with Crippen molar-refractivity contribution in [2.75, 3.05) is 18.0 Å². The maximum atomic E-state index is 12.4. The molecule has 0 radical (unpaired) electrons. The Kier molecular flexibility index (Phi) is 6.05. The van der Waals surface area contributed by atoms with Gasteiger partial charge in [-0.2, -0.15) is 0 Å². The van der Waals surface area contributed by atoms with Gasteiger partial charge in [-0.05, 0) is 41.8 Å². The zero-order valence-corrected chi connectivity index (χ0v) is 17.1. The second-order valence-corrected chi connectivity index (χ2v) is 7.49. The van der Waals surface area contributed by atoms with Crippen LogP contribution in [-0.2, 0) is 22.6 Å². The summed E-state index contributed by atoms with van der Waals surface area (Å²) < 4.78 is 5.63. The Bertz CT molecular complexity index is 1040. The fourth-order valence-electron chi connectivity index (χ4n) is 3.70. The van der Waals surface area contributed by atoms with Gasteiger partial charge in [0.05, 0.1) is 6.26 Å². The van der Waals surface area contributed by atoms with Crippen LogP contribution in [0.1, 0.15) is 22.9 Å². The number of anilines is 1. The van der Waals surface area contributed by atoms with Gasteiger partial charge in [-0.15, -0.1) is 0 Å². The van der Waals surface area contributed by atoms with Crippen molar-refractivity contribution >= 4 is 29.1 Å². The van der Waals surface area contributed by atoms with Crippen molar-refractivity contribution in [3.8, 4) is 0 Å². The number of halogens is 1. The summed E-state index contributed by atoms with van der Waals surface area (Å²) in [6, 6.07) is 18.9. The quantitative estimate of drug-likeness (QED) is 0.595. The summed E-state index contributed by atoms with van der Waals surface area (Å²) in [5.74, 6) is -0.649. The maximum Gasteiger partial charge on any atom is 0.309 e. The highest BCUT2D eigenvalue weighted by molar-refractivity contribution is 6.35. The van der Waals surface area contributed by atoms with Gasteiger partial charge in [-0.25, -0.2) is 0 Å². The molecule has 4 rings (SSSR count). The van der Waals surface area contributed by atoms with Crippen molar-refractivity contribution in [2.45, 2.75) is 19.0 Å². The highest BCUT2D eigenvalue weighted by Gasteiger charge is 2.29. The molecule has 0 saturated carbocycles. The molecule has 154 valence electrons. The van der Waals surface area contributed by atoms with Crippen LogP contribution in [0.4, 0.5) is 5.69 Å². The Balaban J connectivity index is 1.40. The second kappa shape index (κ2) is 9.05. The zero-order chi connectivity index (χ0) is 20.9. The molecule has 7 heteroatoms. The standard InChI is InChI=1S/C23H22ClN3O3/c24-18-8-3-1-7-17(18)14-25-22(28)23(29)26-15-20(21-10-5-13-30-21)27-12-11-16-6-2-4-9-19(16)27/h1-10,13,20H,11-12,14-15H2,(H,25,28)(H,26,29). The molecular formula is C23H22ClN3O3. The number of nitrogens with zero attached hydrogens (tertiary/aromatic N) is 1. The minimum Gasteiger partial charge on any atom is -0.467 e. The van der Waals surface area contributed by atoms with Gasteiger partial charge in [-0.3, -0.25) is 9.59 Å². The lowest BCUT2D eigenvalue weighted by Gasteiger charge is -2.29. The molecule has 1 aliphatic rings. The normalized spacial score (nSPS) is 13.6. The summed E-state index contributed by atoms with van der Waals surface area (Å²) in [5, 5.41) is 5.90. The Hall–Kier alpha value is -3.25. The maximum absolute atomic E-state index is 12.4. The summed E-state index contributed by atoms with van der Waals surface area (Å²) in [6.45, 7) is 1.26. The molecule has 1 aliphatic heterocycles. The summed E-state index contributed by atoms with van der Waals surface area (Å²) in [7, 11) is 0. The highest BCUT2D eigenvalue weighted by atomic mass is 35.5. The van der Waals surface area contributed by atoms with E-state index in [9.17, 15) is 9.59 Å². The highest BCUT2D eigenvalue weighted by Crippen LogP contribution is 2.34. The van der Waals surface area contributed by atoms with Crippen molar-refractivity contribution in [3.63, 3.8) is 0 Å². The lowest BCUT2D eigenvalue weighted by atomic mass is 10.1. The zero-order valence-electron chi connectivity index (χ0n) is 16.3. The number of fused-ring (bicyclic) bond motifs is 1. The molecule has 6 nitrogen and oxygen atoms in total. The summed E-state index contributed by atoms with van der Waals surface area (Å²) in [5.41, 5.74) is 3.14. The molecule has 0 saturated heterocycles. The van der Waals surface area contributed by atoms with Crippen LogP contribution in [0.3, 0.4) is 0 Å². The molecule has 0 spiro atoms. The van der Waals surface area contributed by atoms with Crippen LogP contribution < -0.4 is 15.5 Å². The van der Waals surface area contributed by atoms with Gasteiger partial charge in [0.25, 0.3) is 0 Å². The first-order valence-corrected chi connectivity index (χ1v) is 10.2. The van der Waals surface area contributed by atoms with E-state index in [2.05, 4.69) is 27.7 Å². The molecule has 2 aromatic carbocycles. The fraction of sp³-hybridized carbons (Fsp3) is 0.217. The minimum atomic E-state index is -0.699. The topological polar surface area (TPSA) is 74.6 Å². The Labute approximate surface area is 179 Å². The van der Waals surface area contributed by atoms with E-state index in [0.717, 1.165) is 30.0 Å². The summed E-state index contributed by atoms with van der Waals surface area (Å²) in [4.78, 5) is 26.8. The average Bonchev–Trinajstić information content (AvgIpc) is 3.44. The van der Waals surface area contributed by atoms with E-state index in [-0.39, 0.29) is 19.1 Å². The number of nitrogens with one attached hydrogen (secondary N) is 2. The number of benzene rings is 2. The van der Waals surface area contributed by atoms with E-state index < -0.39 is 11.8 Å². The number of carbonyl (C=O) groups excluding carboxylic acids is 2. The molecule has 2 amide bonds. The van der Waals surface area contributed by atoms with Gasteiger partial charge in [0, 0.05) is 30.3 Å². The number of rotatable bonds is 6. The van der Waals surface area contributed by atoms with Gasteiger partial charge >= 0.3 is 11.8 Å². The predicted octanol–water partition coefficient (Wildman–Crippen LogP) is 3.47. The van der Waals surface area contributed by atoms with Gasteiger partial charge < -0.3 is 20.0 Å². The number of para-hydroxylation sites is 1. The molecule has 3 aromatic rings. The van der Waals surface area contributed by atoms with Crippen LogP contribution in [0.5, 0.6) is 0 Å². The molecule has 1 aromatic heterocycles. The van der Waals surface area contributed by atoms with Crippen LogP contribution in [0, 0.1) is 0 Å².